The summed E-state index contributed by atoms with van der Waals surface area (Å²) in [7, 11) is 0. The molecule has 5 nitrogen and oxygen atoms in total. The fraction of sp³-hybridized carbons (Fsp3) is 0.0909. The Morgan fingerprint density at radius 2 is 1.93 bits per heavy atom. The standard InChI is InChI=1S/C22H17ClFN3O2/c23-20-6-3-7-21(24)19(20)13-27-12-17(11-25-27)26-22(28)14-29-18-9-8-15-4-1-2-5-16(15)10-18/h1-12H,13-14H2,(H,26,28). The first-order valence-electron chi connectivity index (χ1n) is 8.95. The summed E-state index contributed by atoms with van der Waals surface area (Å²) >= 11 is 6.04. The molecule has 4 aromatic rings. The van der Waals surface area contributed by atoms with Crippen LogP contribution < -0.4 is 10.1 Å². The van der Waals surface area contributed by atoms with Gasteiger partial charge in [0.1, 0.15) is 11.6 Å². The number of amides is 1. The molecule has 7 heteroatoms. The fourth-order valence-electron chi connectivity index (χ4n) is 2.96. The lowest BCUT2D eigenvalue weighted by Gasteiger charge is -2.07. The van der Waals surface area contributed by atoms with E-state index in [2.05, 4.69) is 10.4 Å². The van der Waals surface area contributed by atoms with Gasteiger partial charge in [0.15, 0.2) is 6.61 Å². The van der Waals surface area contributed by atoms with Crippen molar-refractivity contribution in [1.29, 1.82) is 0 Å². The monoisotopic (exact) mass is 409 g/mol. The van der Waals surface area contributed by atoms with Gasteiger partial charge >= 0.3 is 0 Å². The number of aromatic nitrogens is 2. The first-order valence-corrected chi connectivity index (χ1v) is 9.33. The maximum atomic E-state index is 13.9. The van der Waals surface area contributed by atoms with E-state index >= 15 is 0 Å². The predicted octanol–water partition coefficient (Wildman–Crippen LogP) is 4.89. The Morgan fingerprint density at radius 3 is 2.76 bits per heavy atom. The lowest BCUT2D eigenvalue weighted by atomic mass is 10.1. The largest absolute Gasteiger partial charge is 0.484 e. The molecule has 29 heavy (non-hydrogen) atoms. The zero-order valence-electron chi connectivity index (χ0n) is 15.3. The minimum absolute atomic E-state index is 0.136. The van der Waals surface area contributed by atoms with E-state index in [0.717, 1.165) is 10.8 Å². The zero-order chi connectivity index (χ0) is 20.2. The van der Waals surface area contributed by atoms with E-state index in [1.807, 2.05) is 42.5 Å². The number of carbonyl (C=O) groups excluding carboxylic acids is 1. The van der Waals surface area contributed by atoms with Crippen molar-refractivity contribution in [3.05, 3.63) is 89.5 Å². The van der Waals surface area contributed by atoms with Crippen molar-refractivity contribution in [2.45, 2.75) is 6.54 Å². The van der Waals surface area contributed by atoms with Gasteiger partial charge in [-0.15, -0.1) is 0 Å². The minimum atomic E-state index is -0.401. The third-order valence-corrected chi connectivity index (χ3v) is 4.74. The molecule has 0 aliphatic rings. The smallest absolute Gasteiger partial charge is 0.262 e. The second-order valence-electron chi connectivity index (χ2n) is 6.47. The lowest BCUT2D eigenvalue weighted by molar-refractivity contribution is -0.118. The summed E-state index contributed by atoms with van der Waals surface area (Å²) in [4.78, 5) is 12.2. The van der Waals surface area contributed by atoms with E-state index in [1.165, 1.54) is 16.9 Å². The first kappa shape index (κ1) is 19.0. The molecular formula is C22H17ClFN3O2. The number of nitrogens with one attached hydrogen (secondary N) is 1. The van der Waals surface area contributed by atoms with Crippen molar-refractivity contribution >= 4 is 34.0 Å². The van der Waals surface area contributed by atoms with Gasteiger partial charge in [0.05, 0.1) is 18.4 Å². The molecule has 3 aromatic carbocycles. The van der Waals surface area contributed by atoms with Gasteiger partial charge in [-0.1, -0.05) is 48.0 Å². The molecule has 0 fully saturated rings. The van der Waals surface area contributed by atoms with Crippen LogP contribution in [0.4, 0.5) is 10.1 Å². The molecule has 0 atom stereocenters. The molecule has 0 spiro atoms. The van der Waals surface area contributed by atoms with E-state index in [9.17, 15) is 9.18 Å². The van der Waals surface area contributed by atoms with Crippen molar-refractivity contribution in [3.8, 4) is 5.75 Å². The number of nitrogens with zero attached hydrogens (tertiary/aromatic N) is 2. The molecular weight excluding hydrogens is 393 g/mol. The average Bonchev–Trinajstić information content (AvgIpc) is 3.16. The van der Waals surface area contributed by atoms with Crippen molar-refractivity contribution < 1.29 is 13.9 Å². The normalized spacial score (nSPS) is 10.8. The van der Waals surface area contributed by atoms with Gasteiger partial charge in [-0.3, -0.25) is 9.48 Å². The van der Waals surface area contributed by atoms with Crippen LogP contribution in [-0.2, 0) is 11.3 Å². The molecule has 4 rings (SSSR count). The molecule has 1 N–H and O–H groups in total. The highest BCUT2D eigenvalue weighted by Gasteiger charge is 2.10. The van der Waals surface area contributed by atoms with Crippen LogP contribution in [0.3, 0.4) is 0 Å². The molecule has 1 heterocycles. The molecule has 146 valence electrons. The first-order chi connectivity index (χ1) is 14.1. The Kier molecular flexibility index (Phi) is 5.44. The molecule has 0 aliphatic carbocycles. The van der Waals surface area contributed by atoms with Crippen LogP contribution in [0.2, 0.25) is 5.02 Å². The molecule has 0 saturated carbocycles. The average molecular weight is 410 g/mol. The van der Waals surface area contributed by atoms with Crippen LogP contribution in [-0.4, -0.2) is 22.3 Å². The van der Waals surface area contributed by atoms with E-state index in [1.54, 1.807) is 18.3 Å². The number of hydrogen-bond donors (Lipinski definition) is 1. The van der Waals surface area contributed by atoms with E-state index in [-0.39, 0.29) is 19.1 Å². The van der Waals surface area contributed by atoms with E-state index < -0.39 is 5.82 Å². The second kappa shape index (κ2) is 8.32. The van der Waals surface area contributed by atoms with Gasteiger partial charge in [-0.2, -0.15) is 5.10 Å². The lowest BCUT2D eigenvalue weighted by Crippen LogP contribution is -2.19. The van der Waals surface area contributed by atoms with Crippen molar-refractivity contribution in [2.75, 3.05) is 11.9 Å². The van der Waals surface area contributed by atoms with E-state index in [0.29, 0.717) is 22.0 Å². The molecule has 0 bridgehead atoms. The van der Waals surface area contributed by atoms with Crippen LogP contribution in [0.1, 0.15) is 5.56 Å². The number of rotatable bonds is 6. The Balaban J connectivity index is 1.35. The highest BCUT2D eigenvalue weighted by molar-refractivity contribution is 6.31. The van der Waals surface area contributed by atoms with Gasteiger partial charge in [0, 0.05) is 16.8 Å². The van der Waals surface area contributed by atoms with Crippen LogP contribution >= 0.6 is 11.6 Å². The topological polar surface area (TPSA) is 56.1 Å². The van der Waals surface area contributed by atoms with Gasteiger partial charge in [0.2, 0.25) is 0 Å². The van der Waals surface area contributed by atoms with Gasteiger partial charge < -0.3 is 10.1 Å². The quantitative estimate of drug-likeness (QED) is 0.493. The van der Waals surface area contributed by atoms with Crippen molar-refractivity contribution in [3.63, 3.8) is 0 Å². The fourth-order valence-corrected chi connectivity index (χ4v) is 3.19. The third-order valence-electron chi connectivity index (χ3n) is 4.39. The summed E-state index contributed by atoms with van der Waals surface area (Å²) < 4.78 is 21.0. The van der Waals surface area contributed by atoms with Crippen molar-refractivity contribution in [1.82, 2.24) is 9.78 Å². The number of ether oxygens (including phenoxy) is 1. The second-order valence-corrected chi connectivity index (χ2v) is 6.88. The number of hydrogen-bond acceptors (Lipinski definition) is 3. The summed E-state index contributed by atoms with van der Waals surface area (Å²) in [6.07, 6.45) is 3.10. The van der Waals surface area contributed by atoms with Gasteiger partial charge in [0.25, 0.3) is 5.91 Å². The van der Waals surface area contributed by atoms with Crippen LogP contribution in [0, 0.1) is 5.82 Å². The Bertz CT molecular complexity index is 1160. The molecule has 0 radical (unpaired) electrons. The molecule has 0 saturated heterocycles. The van der Waals surface area contributed by atoms with Gasteiger partial charge in [-0.05, 0) is 35.0 Å². The van der Waals surface area contributed by atoms with Crippen LogP contribution in [0.25, 0.3) is 10.8 Å². The summed E-state index contributed by atoms with van der Waals surface area (Å²) in [5, 5.41) is 9.32. The molecule has 0 aliphatic heterocycles. The SMILES string of the molecule is O=C(COc1ccc2ccccc2c1)Nc1cnn(Cc2c(F)cccc2Cl)c1. The Hall–Kier alpha value is -3.38. The third kappa shape index (κ3) is 4.55. The number of benzene rings is 3. The molecule has 1 aromatic heterocycles. The zero-order valence-corrected chi connectivity index (χ0v) is 16.1. The summed E-state index contributed by atoms with van der Waals surface area (Å²) in [5.41, 5.74) is 0.833. The number of fused-ring (bicyclic) bond motifs is 1. The maximum absolute atomic E-state index is 13.9. The summed E-state index contributed by atoms with van der Waals surface area (Å²) in [6.45, 7) is 0.0254. The van der Waals surface area contributed by atoms with Crippen LogP contribution in [0.15, 0.2) is 73.1 Å². The summed E-state index contributed by atoms with van der Waals surface area (Å²) in [6, 6.07) is 18.1. The molecule has 0 unspecified atom stereocenters. The maximum Gasteiger partial charge on any atom is 0.262 e. The molecule has 1 amide bonds. The predicted molar refractivity (Wildman–Crippen MR) is 111 cm³/mol. The number of carbonyl (C=O) groups is 1. The van der Waals surface area contributed by atoms with Crippen molar-refractivity contribution in [2.24, 2.45) is 0 Å². The highest BCUT2D eigenvalue weighted by atomic mass is 35.5. The Labute approximate surface area is 171 Å². The number of halogens is 2. The van der Waals surface area contributed by atoms with Gasteiger partial charge in [-0.25, -0.2) is 4.39 Å². The number of anilines is 1. The van der Waals surface area contributed by atoms with E-state index in [4.69, 9.17) is 16.3 Å². The highest BCUT2D eigenvalue weighted by Crippen LogP contribution is 2.21. The van der Waals surface area contributed by atoms with Crippen LogP contribution in [0.5, 0.6) is 5.75 Å². The summed E-state index contributed by atoms with van der Waals surface area (Å²) in [5.74, 6) is -0.104. The Morgan fingerprint density at radius 1 is 1.10 bits per heavy atom. The minimum Gasteiger partial charge on any atom is -0.484 e.